The van der Waals surface area contributed by atoms with Crippen molar-refractivity contribution in [3.8, 4) is 23.0 Å². The van der Waals surface area contributed by atoms with Crippen LogP contribution in [0.4, 0.5) is 11.4 Å². The standard InChI is InChI=1S/C17H18N2O7S/c1-23-14-6-10(7-15(24-2)17(14)25-3)19-27(21,22)11-4-5-13-12(8-11)18-16(20)9-26-13/h4-8,19H,9H2,1-3H3,(H,18,20). The van der Waals surface area contributed by atoms with Crippen LogP contribution in [-0.4, -0.2) is 42.3 Å². The summed E-state index contributed by atoms with van der Waals surface area (Å²) < 4.78 is 48.8. The number of carbonyl (C=O) groups is 1. The predicted octanol–water partition coefficient (Wildman–Crippen LogP) is 1.84. The van der Waals surface area contributed by atoms with E-state index in [2.05, 4.69) is 10.0 Å². The first-order valence-electron chi connectivity index (χ1n) is 7.77. The van der Waals surface area contributed by atoms with Gasteiger partial charge in [-0.15, -0.1) is 0 Å². The summed E-state index contributed by atoms with van der Waals surface area (Å²) in [5.74, 6) is 1.01. The van der Waals surface area contributed by atoms with Crippen LogP contribution in [0.1, 0.15) is 0 Å². The van der Waals surface area contributed by atoms with Crippen molar-refractivity contribution in [2.24, 2.45) is 0 Å². The zero-order chi connectivity index (χ0) is 19.6. The number of nitrogens with one attached hydrogen (secondary N) is 2. The second kappa shape index (κ2) is 7.23. The van der Waals surface area contributed by atoms with Gasteiger partial charge in [0, 0.05) is 12.1 Å². The van der Waals surface area contributed by atoms with Gasteiger partial charge in [-0.2, -0.15) is 0 Å². The van der Waals surface area contributed by atoms with Gasteiger partial charge >= 0.3 is 0 Å². The van der Waals surface area contributed by atoms with E-state index in [1.54, 1.807) is 0 Å². The molecule has 0 saturated heterocycles. The third kappa shape index (κ3) is 3.70. The molecule has 2 aromatic rings. The van der Waals surface area contributed by atoms with Gasteiger partial charge in [-0.05, 0) is 18.2 Å². The SMILES string of the molecule is COc1cc(NS(=O)(=O)c2ccc3c(c2)NC(=O)CO3)cc(OC)c1OC. The molecule has 10 heteroatoms. The summed E-state index contributed by atoms with van der Waals surface area (Å²) in [6.07, 6.45) is 0. The fourth-order valence-electron chi connectivity index (χ4n) is 2.58. The van der Waals surface area contributed by atoms with E-state index >= 15 is 0 Å². The van der Waals surface area contributed by atoms with Gasteiger partial charge in [-0.3, -0.25) is 9.52 Å². The average Bonchev–Trinajstić information content (AvgIpc) is 2.66. The van der Waals surface area contributed by atoms with E-state index in [-0.39, 0.29) is 23.1 Å². The van der Waals surface area contributed by atoms with Crippen molar-refractivity contribution in [2.45, 2.75) is 4.90 Å². The highest BCUT2D eigenvalue weighted by molar-refractivity contribution is 7.92. The maximum absolute atomic E-state index is 12.7. The number of benzene rings is 2. The number of methoxy groups -OCH3 is 3. The molecule has 0 aliphatic carbocycles. The molecule has 0 fully saturated rings. The maximum Gasteiger partial charge on any atom is 0.262 e. The molecule has 2 N–H and O–H groups in total. The van der Waals surface area contributed by atoms with Crippen LogP contribution in [0.15, 0.2) is 35.2 Å². The number of carbonyl (C=O) groups excluding carboxylic acids is 1. The second-order valence-electron chi connectivity index (χ2n) is 5.51. The Morgan fingerprint density at radius 1 is 1.04 bits per heavy atom. The number of amides is 1. The number of ether oxygens (including phenoxy) is 4. The van der Waals surface area contributed by atoms with Crippen LogP contribution < -0.4 is 29.0 Å². The quantitative estimate of drug-likeness (QED) is 0.769. The Hall–Kier alpha value is -3.14. The Balaban J connectivity index is 1.95. The Morgan fingerprint density at radius 2 is 1.70 bits per heavy atom. The lowest BCUT2D eigenvalue weighted by Crippen LogP contribution is -2.25. The molecule has 0 spiro atoms. The number of anilines is 2. The van der Waals surface area contributed by atoms with Crippen LogP contribution in [-0.2, 0) is 14.8 Å². The normalized spacial score (nSPS) is 13.1. The van der Waals surface area contributed by atoms with E-state index in [0.29, 0.717) is 28.7 Å². The number of fused-ring (bicyclic) bond motifs is 1. The van der Waals surface area contributed by atoms with Gasteiger partial charge in [0.1, 0.15) is 5.75 Å². The number of rotatable bonds is 6. The molecule has 0 aromatic heterocycles. The molecule has 0 bridgehead atoms. The first-order valence-corrected chi connectivity index (χ1v) is 9.26. The van der Waals surface area contributed by atoms with Gasteiger partial charge in [-0.25, -0.2) is 8.42 Å². The van der Waals surface area contributed by atoms with E-state index in [9.17, 15) is 13.2 Å². The zero-order valence-corrected chi connectivity index (χ0v) is 15.7. The summed E-state index contributed by atoms with van der Waals surface area (Å²) >= 11 is 0. The minimum Gasteiger partial charge on any atom is -0.493 e. The summed E-state index contributed by atoms with van der Waals surface area (Å²) in [7, 11) is 0.374. The summed E-state index contributed by atoms with van der Waals surface area (Å²) in [6.45, 7) is -0.108. The molecule has 0 saturated carbocycles. The highest BCUT2D eigenvalue weighted by atomic mass is 32.2. The lowest BCUT2D eigenvalue weighted by atomic mass is 10.2. The largest absolute Gasteiger partial charge is 0.493 e. The molecular formula is C17H18N2O7S. The summed E-state index contributed by atoms with van der Waals surface area (Å²) in [5.41, 5.74) is 0.515. The molecule has 1 aliphatic heterocycles. The van der Waals surface area contributed by atoms with Gasteiger partial charge in [0.05, 0.1) is 37.6 Å². The van der Waals surface area contributed by atoms with Crippen molar-refractivity contribution < 1.29 is 32.2 Å². The second-order valence-corrected chi connectivity index (χ2v) is 7.20. The Labute approximate surface area is 156 Å². The van der Waals surface area contributed by atoms with E-state index < -0.39 is 10.0 Å². The van der Waals surface area contributed by atoms with Crippen molar-refractivity contribution in [1.82, 2.24) is 0 Å². The molecular weight excluding hydrogens is 376 g/mol. The maximum atomic E-state index is 12.7. The molecule has 1 amide bonds. The Morgan fingerprint density at radius 3 is 2.30 bits per heavy atom. The smallest absolute Gasteiger partial charge is 0.262 e. The topological polar surface area (TPSA) is 112 Å². The van der Waals surface area contributed by atoms with Crippen LogP contribution >= 0.6 is 0 Å². The van der Waals surface area contributed by atoms with Gasteiger partial charge in [0.2, 0.25) is 5.75 Å². The number of hydrogen-bond acceptors (Lipinski definition) is 7. The van der Waals surface area contributed by atoms with Gasteiger partial charge in [-0.1, -0.05) is 0 Å². The molecule has 0 unspecified atom stereocenters. The zero-order valence-electron chi connectivity index (χ0n) is 14.9. The highest BCUT2D eigenvalue weighted by Crippen LogP contribution is 2.40. The third-order valence-electron chi connectivity index (χ3n) is 3.81. The molecule has 0 atom stereocenters. The number of hydrogen-bond donors (Lipinski definition) is 2. The Bertz CT molecular complexity index is 964. The molecule has 3 rings (SSSR count). The van der Waals surface area contributed by atoms with Crippen molar-refractivity contribution in [3.05, 3.63) is 30.3 Å². The Kier molecular flexibility index (Phi) is 5.00. The fourth-order valence-corrected chi connectivity index (χ4v) is 3.65. The first-order chi connectivity index (χ1) is 12.9. The van der Waals surface area contributed by atoms with Crippen molar-refractivity contribution in [2.75, 3.05) is 38.0 Å². The summed E-state index contributed by atoms with van der Waals surface area (Å²) in [6, 6.07) is 7.15. The minimum absolute atomic E-state index is 0.0409. The molecule has 1 heterocycles. The lowest BCUT2D eigenvalue weighted by Gasteiger charge is -2.19. The summed E-state index contributed by atoms with van der Waals surface area (Å²) in [4.78, 5) is 11.4. The first kappa shape index (κ1) is 18.6. The van der Waals surface area contributed by atoms with E-state index in [4.69, 9.17) is 18.9 Å². The van der Waals surface area contributed by atoms with Crippen molar-refractivity contribution in [1.29, 1.82) is 0 Å². The molecule has 27 heavy (non-hydrogen) atoms. The van der Waals surface area contributed by atoms with Crippen molar-refractivity contribution in [3.63, 3.8) is 0 Å². The molecule has 0 radical (unpaired) electrons. The fraction of sp³-hybridized carbons (Fsp3) is 0.235. The van der Waals surface area contributed by atoms with E-state index in [1.165, 1.54) is 51.7 Å². The van der Waals surface area contributed by atoms with Gasteiger partial charge in [0.25, 0.3) is 15.9 Å². The minimum atomic E-state index is -3.94. The van der Waals surface area contributed by atoms with Crippen LogP contribution in [0.25, 0.3) is 0 Å². The highest BCUT2D eigenvalue weighted by Gasteiger charge is 2.22. The summed E-state index contributed by atoms with van der Waals surface area (Å²) in [5, 5.41) is 2.58. The van der Waals surface area contributed by atoms with Crippen LogP contribution in [0, 0.1) is 0 Å². The van der Waals surface area contributed by atoms with Crippen LogP contribution in [0.2, 0.25) is 0 Å². The predicted molar refractivity (Wildman–Crippen MR) is 97.5 cm³/mol. The number of sulfonamides is 1. The van der Waals surface area contributed by atoms with Crippen LogP contribution in [0.5, 0.6) is 23.0 Å². The lowest BCUT2D eigenvalue weighted by molar-refractivity contribution is -0.118. The van der Waals surface area contributed by atoms with Gasteiger partial charge in [0.15, 0.2) is 18.1 Å². The molecule has 9 nitrogen and oxygen atoms in total. The third-order valence-corrected chi connectivity index (χ3v) is 5.19. The molecule has 2 aromatic carbocycles. The average molecular weight is 394 g/mol. The van der Waals surface area contributed by atoms with Crippen LogP contribution in [0.3, 0.4) is 0 Å². The monoisotopic (exact) mass is 394 g/mol. The van der Waals surface area contributed by atoms with E-state index in [0.717, 1.165) is 0 Å². The van der Waals surface area contributed by atoms with E-state index in [1.807, 2.05) is 0 Å². The van der Waals surface area contributed by atoms with Crippen molar-refractivity contribution >= 4 is 27.3 Å². The van der Waals surface area contributed by atoms with Gasteiger partial charge < -0.3 is 24.3 Å². The molecule has 144 valence electrons. The molecule has 1 aliphatic rings.